The van der Waals surface area contributed by atoms with Crippen molar-refractivity contribution in [3.8, 4) is 0 Å². The fraction of sp³-hybridized carbons (Fsp3) is 1.00. The van der Waals surface area contributed by atoms with Gasteiger partial charge in [-0.1, -0.05) is 9.77 Å². The van der Waals surface area contributed by atoms with E-state index in [9.17, 15) is 16.8 Å². The molecule has 0 aliphatic carbocycles. The van der Waals surface area contributed by atoms with Crippen molar-refractivity contribution in [2.75, 3.05) is 12.5 Å². The van der Waals surface area contributed by atoms with Crippen LogP contribution in [0.4, 0.5) is 0 Å². The van der Waals surface area contributed by atoms with E-state index in [2.05, 4.69) is 4.94 Å². The van der Waals surface area contributed by atoms with Gasteiger partial charge in [0.25, 0.3) is 0 Å². The highest BCUT2D eigenvalue weighted by Gasteiger charge is 2.03. The topological polar surface area (TPSA) is 102 Å². The minimum atomic E-state index is -3.55. The zero-order valence-corrected chi connectivity index (χ0v) is 7.49. The first kappa shape index (κ1) is 10.8. The van der Waals surface area contributed by atoms with Gasteiger partial charge < -0.3 is 0 Å². The lowest BCUT2D eigenvalue weighted by atomic mass is 12.0. The highest BCUT2D eigenvalue weighted by molar-refractivity contribution is 7.89. The molecule has 0 heterocycles. The Morgan fingerprint density at radius 2 is 1.18 bits per heavy atom. The first-order valence-electron chi connectivity index (χ1n) is 2.30. The van der Waals surface area contributed by atoms with Crippen LogP contribution in [0.15, 0.2) is 0 Å². The Labute approximate surface area is 64.7 Å². The van der Waals surface area contributed by atoms with Gasteiger partial charge in [-0.05, 0) is 0 Å². The van der Waals surface area contributed by atoms with E-state index >= 15 is 0 Å². The Hall–Kier alpha value is -0.220. The molecule has 0 saturated carbocycles. The van der Waals surface area contributed by atoms with Crippen LogP contribution in [0.1, 0.15) is 0 Å². The van der Waals surface area contributed by atoms with Gasteiger partial charge >= 0.3 is 0 Å². The summed E-state index contributed by atoms with van der Waals surface area (Å²) in [5, 5.41) is 0. The minimum Gasteiger partial charge on any atom is -0.211 e. The zero-order chi connectivity index (χ0) is 9.12. The molecule has 0 spiro atoms. The molecule has 68 valence electrons. The van der Waals surface area contributed by atoms with Gasteiger partial charge in [-0.2, -0.15) is 4.94 Å². The summed E-state index contributed by atoms with van der Waals surface area (Å²) in [5.74, 6) is 0. The SMILES string of the molecule is CS(=O)(=O)NONS(C)(=O)=O. The maximum Gasteiger partial charge on any atom is 0.232 e. The van der Waals surface area contributed by atoms with Crippen LogP contribution in [0.25, 0.3) is 0 Å². The summed E-state index contributed by atoms with van der Waals surface area (Å²) >= 11 is 0. The monoisotopic (exact) mass is 204 g/mol. The summed E-state index contributed by atoms with van der Waals surface area (Å²) in [6.07, 6.45) is 1.63. The molecule has 0 saturated heterocycles. The molecule has 0 fully saturated rings. The molecule has 0 atom stereocenters. The molecule has 0 aliphatic rings. The van der Waals surface area contributed by atoms with Gasteiger partial charge in [0.2, 0.25) is 20.0 Å². The highest BCUT2D eigenvalue weighted by Crippen LogP contribution is 1.75. The van der Waals surface area contributed by atoms with Gasteiger partial charge in [-0.3, -0.25) is 0 Å². The number of rotatable bonds is 4. The van der Waals surface area contributed by atoms with Crippen LogP contribution < -0.4 is 9.77 Å². The molecule has 0 aromatic carbocycles. The lowest BCUT2D eigenvalue weighted by Crippen LogP contribution is -2.33. The van der Waals surface area contributed by atoms with Gasteiger partial charge in [-0.25, -0.2) is 16.8 Å². The first-order chi connectivity index (χ1) is 4.71. The van der Waals surface area contributed by atoms with Gasteiger partial charge in [-0.15, -0.1) is 0 Å². The van der Waals surface area contributed by atoms with Crippen molar-refractivity contribution in [2.45, 2.75) is 0 Å². The zero-order valence-electron chi connectivity index (χ0n) is 5.86. The lowest BCUT2D eigenvalue weighted by molar-refractivity contribution is 0.0543. The van der Waals surface area contributed by atoms with E-state index in [1.54, 1.807) is 0 Å². The van der Waals surface area contributed by atoms with Crippen LogP contribution >= 0.6 is 0 Å². The molecular formula is C2H8N2O5S2. The predicted molar refractivity (Wildman–Crippen MR) is 37.0 cm³/mol. The summed E-state index contributed by atoms with van der Waals surface area (Å²) < 4.78 is 41.0. The summed E-state index contributed by atoms with van der Waals surface area (Å²) in [6.45, 7) is 0. The van der Waals surface area contributed by atoms with Crippen molar-refractivity contribution in [3.63, 3.8) is 0 Å². The summed E-state index contributed by atoms with van der Waals surface area (Å²) in [7, 11) is -7.09. The van der Waals surface area contributed by atoms with E-state index in [4.69, 9.17) is 0 Å². The fourth-order valence-electron chi connectivity index (χ4n) is 0.168. The average molecular weight is 204 g/mol. The Morgan fingerprint density at radius 3 is 1.36 bits per heavy atom. The fourth-order valence-corrected chi connectivity index (χ4v) is 0.607. The van der Waals surface area contributed by atoms with E-state index < -0.39 is 20.0 Å². The van der Waals surface area contributed by atoms with Crippen molar-refractivity contribution >= 4 is 20.0 Å². The number of hydrogen-bond donors (Lipinski definition) is 2. The molecule has 0 bridgehead atoms. The van der Waals surface area contributed by atoms with E-state index in [0.29, 0.717) is 0 Å². The predicted octanol–water partition coefficient (Wildman–Crippen LogP) is -2.07. The Morgan fingerprint density at radius 1 is 0.909 bits per heavy atom. The van der Waals surface area contributed by atoms with Crippen LogP contribution in [0.3, 0.4) is 0 Å². The van der Waals surface area contributed by atoms with Crippen molar-refractivity contribution in [2.24, 2.45) is 0 Å². The quantitative estimate of drug-likeness (QED) is 0.512. The molecule has 11 heavy (non-hydrogen) atoms. The van der Waals surface area contributed by atoms with Crippen molar-refractivity contribution in [3.05, 3.63) is 0 Å². The second-order valence-electron chi connectivity index (χ2n) is 1.81. The molecule has 9 heteroatoms. The molecule has 0 amide bonds. The van der Waals surface area contributed by atoms with E-state index in [0.717, 1.165) is 12.5 Å². The Bertz CT molecular complexity index is 269. The van der Waals surface area contributed by atoms with E-state index in [1.807, 2.05) is 0 Å². The third-order valence-electron chi connectivity index (χ3n) is 0.386. The summed E-state index contributed by atoms with van der Waals surface area (Å²) in [5.41, 5.74) is 0. The Balaban J connectivity index is 3.79. The largest absolute Gasteiger partial charge is 0.232 e. The molecule has 0 rings (SSSR count). The maximum atomic E-state index is 10.2. The smallest absolute Gasteiger partial charge is 0.211 e. The normalized spacial score (nSPS) is 13.3. The second kappa shape index (κ2) is 3.45. The summed E-state index contributed by atoms with van der Waals surface area (Å²) in [6, 6.07) is 0. The van der Waals surface area contributed by atoms with Gasteiger partial charge in [0.05, 0.1) is 12.5 Å². The molecule has 0 unspecified atom stereocenters. The van der Waals surface area contributed by atoms with Crippen molar-refractivity contribution in [1.82, 2.24) is 9.77 Å². The average Bonchev–Trinajstić information content (AvgIpc) is 1.55. The van der Waals surface area contributed by atoms with Crippen LogP contribution in [-0.2, 0) is 25.0 Å². The molecule has 0 radical (unpaired) electrons. The van der Waals surface area contributed by atoms with Crippen LogP contribution in [0, 0.1) is 0 Å². The molecule has 2 N–H and O–H groups in total. The second-order valence-corrected chi connectivity index (χ2v) is 5.24. The molecular weight excluding hydrogens is 196 g/mol. The van der Waals surface area contributed by atoms with Crippen LogP contribution in [-0.4, -0.2) is 29.3 Å². The van der Waals surface area contributed by atoms with Crippen LogP contribution in [0.5, 0.6) is 0 Å². The summed E-state index contributed by atoms with van der Waals surface area (Å²) in [4.78, 5) is 6.81. The van der Waals surface area contributed by atoms with E-state index in [-0.39, 0.29) is 0 Å². The number of hydrogen-bond acceptors (Lipinski definition) is 5. The van der Waals surface area contributed by atoms with Crippen molar-refractivity contribution < 1.29 is 21.8 Å². The lowest BCUT2D eigenvalue weighted by Gasteiger charge is -2.01. The molecule has 0 aromatic heterocycles. The Kier molecular flexibility index (Phi) is 3.38. The van der Waals surface area contributed by atoms with Gasteiger partial charge in [0.15, 0.2) is 0 Å². The maximum absolute atomic E-state index is 10.2. The van der Waals surface area contributed by atoms with E-state index in [1.165, 1.54) is 9.77 Å². The van der Waals surface area contributed by atoms with Gasteiger partial charge in [0, 0.05) is 0 Å². The third-order valence-corrected chi connectivity index (χ3v) is 1.16. The van der Waals surface area contributed by atoms with Gasteiger partial charge in [0.1, 0.15) is 0 Å². The first-order valence-corrected chi connectivity index (χ1v) is 6.08. The number of sulfonamides is 2. The van der Waals surface area contributed by atoms with Crippen molar-refractivity contribution in [1.29, 1.82) is 0 Å². The molecule has 7 nitrogen and oxygen atoms in total. The standard InChI is InChI=1S/C2H8N2O5S2/c1-10(5,6)3-9-4-11(2,7)8/h3-4H,1-2H3. The number of nitrogens with one attached hydrogen (secondary N) is 2. The van der Waals surface area contributed by atoms with Crippen LogP contribution in [0.2, 0.25) is 0 Å². The third kappa shape index (κ3) is 9.78. The molecule has 0 aromatic rings. The molecule has 0 aliphatic heterocycles. The highest BCUT2D eigenvalue weighted by atomic mass is 32.2. The minimum absolute atomic E-state index is 0.816.